The topological polar surface area (TPSA) is 44.9 Å². The standard InChI is InChI=1S/C18H24N2O/c1-13-15(16-9-5-6-10-17(16)20-13)11-12-19-18(21)14-7-3-2-4-8-14/h5-6,9-10,14,20H,2-4,7-8,11-12H2,1H3,(H,19,21). The average molecular weight is 284 g/mol. The number of nitrogens with one attached hydrogen (secondary N) is 2. The van der Waals surface area contributed by atoms with Crippen molar-refractivity contribution in [2.24, 2.45) is 5.92 Å². The summed E-state index contributed by atoms with van der Waals surface area (Å²) in [5.41, 5.74) is 3.72. The van der Waals surface area contributed by atoms with Crippen LogP contribution < -0.4 is 5.32 Å². The van der Waals surface area contributed by atoms with Gasteiger partial charge in [-0.2, -0.15) is 0 Å². The van der Waals surface area contributed by atoms with Gasteiger partial charge in [0.2, 0.25) is 5.91 Å². The normalized spacial score (nSPS) is 16.2. The van der Waals surface area contributed by atoms with E-state index in [1.165, 1.54) is 41.4 Å². The average Bonchev–Trinajstić information content (AvgIpc) is 2.84. The summed E-state index contributed by atoms with van der Waals surface area (Å²) in [6.45, 7) is 2.84. The Labute approximate surface area is 126 Å². The Kier molecular flexibility index (Phi) is 4.28. The fourth-order valence-corrected chi connectivity index (χ4v) is 3.48. The van der Waals surface area contributed by atoms with Crippen molar-refractivity contribution >= 4 is 16.8 Å². The van der Waals surface area contributed by atoms with E-state index < -0.39 is 0 Å². The van der Waals surface area contributed by atoms with Gasteiger partial charge < -0.3 is 10.3 Å². The number of para-hydroxylation sites is 1. The van der Waals surface area contributed by atoms with Gasteiger partial charge in [-0.25, -0.2) is 0 Å². The number of amides is 1. The Morgan fingerprint density at radius 3 is 2.81 bits per heavy atom. The summed E-state index contributed by atoms with van der Waals surface area (Å²) in [5.74, 6) is 0.509. The van der Waals surface area contributed by atoms with Gasteiger partial charge in [0.25, 0.3) is 0 Å². The van der Waals surface area contributed by atoms with Gasteiger partial charge in [0, 0.05) is 29.1 Å². The molecule has 0 unspecified atom stereocenters. The van der Waals surface area contributed by atoms with Crippen LogP contribution in [0.2, 0.25) is 0 Å². The van der Waals surface area contributed by atoms with Crippen LogP contribution in [0, 0.1) is 12.8 Å². The Hall–Kier alpha value is -1.77. The van der Waals surface area contributed by atoms with Crippen LogP contribution in [0.15, 0.2) is 24.3 Å². The molecule has 3 heteroatoms. The van der Waals surface area contributed by atoms with Crippen LogP contribution in [0.25, 0.3) is 10.9 Å². The van der Waals surface area contributed by atoms with Crippen molar-refractivity contribution in [1.29, 1.82) is 0 Å². The van der Waals surface area contributed by atoms with E-state index in [1.54, 1.807) is 0 Å². The first kappa shape index (κ1) is 14.2. The molecule has 0 spiro atoms. The summed E-state index contributed by atoms with van der Waals surface area (Å²) < 4.78 is 0. The monoisotopic (exact) mass is 284 g/mol. The highest BCUT2D eigenvalue weighted by molar-refractivity contribution is 5.84. The molecule has 0 radical (unpaired) electrons. The lowest BCUT2D eigenvalue weighted by Gasteiger charge is -2.20. The van der Waals surface area contributed by atoms with Crippen LogP contribution in [0.5, 0.6) is 0 Å². The van der Waals surface area contributed by atoms with Crippen molar-refractivity contribution in [2.45, 2.75) is 45.4 Å². The molecule has 1 amide bonds. The molecule has 2 aromatic rings. The third-order valence-corrected chi connectivity index (χ3v) is 4.68. The van der Waals surface area contributed by atoms with Gasteiger partial charge >= 0.3 is 0 Å². The Bertz CT molecular complexity index is 623. The molecule has 3 rings (SSSR count). The van der Waals surface area contributed by atoms with E-state index >= 15 is 0 Å². The molecule has 0 bridgehead atoms. The second kappa shape index (κ2) is 6.33. The minimum Gasteiger partial charge on any atom is -0.358 e. The molecule has 1 aliphatic rings. The number of fused-ring (bicyclic) bond motifs is 1. The highest BCUT2D eigenvalue weighted by Crippen LogP contribution is 2.24. The summed E-state index contributed by atoms with van der Waals surface area (Å²) in [4.78, 5) is 15.6. The van der Waals surface area contributed by atoms with Crippen molar-refractivity contribution < 1.29 is 4.79 Å². The second-order valence-electron chi connectivity index (χ2n) is 6.15. The van der Waals surface area contributed by atoms with Crippen molar-refractivity contribution in [2.75, 3.05) is 6.54 Å². The maximum Gasteiger partial charge on any atom is 0.223 e. The minimum absolute atomic E-state index is 0.253. The lowest BCUT2D eigenvalue weighted by Crippen LogP contribution is -2.33. The lowest BCUT2D eigenvalue weighted by atomic mass is 9.88. The molecule has 1 saturated carbocycles. The summed E-state index contributed by atoms with van der Waals surface area (Å²) in [7, 11) is 0. The third kappa shape index (κ3) is 3.12. The van der Waals surface area contributed by atoms with E-state index in [-0.39, 0.29) is 11.8 Å². The van der Waals surface area contributed by atoms with E-state index in [1.807, 2.05) is 6.07 Å². The molecule has 0 saturated heterocycles. The quantitative estimate of drug-likeness (QED) is 0.883. The van der Waals surface area contributed by atoms with Gasteiger partial charge in [-0.05, 0) is 37.8 Å². The van der Waals surface area contributed by atoms with Gasteiger partial charge in [-0.15, -0.1) is 0 Å². The zero-order valence-electron chi connectivity index (χ0n) is 12.7. The number of aromatic nitrogens is 1. The van der Waals surface area contributed by atoms with E-state index in [9.17, 15) is 4.79 Å². The first-order valence-electron chi connectivity index (χ1n) is 8.09. The number of H-pyrrole nitrogens is 1. The number of rotatable bonds is 4. The summed E-state index contributed by atoms with van der Waals surface area (Å²) >= 11 is 0. The predicted octanol–water partition coefficient (Wildman–Crippen LogP) is 3.72. The molecule has 0 aliphatic heterocycles. The summed E-state index contributed by atoms with van der Waals surface area (Å²) in [5, 5.41) is 4.41. The summed E-state index contributed by atoms with van der Waals surface area (Å²) in [6, 6.07) is 8.37. The number of aryl methyl sites for hydroxylation is 1. The van der Waals surface area contributed by atoms with Crippen LogP contribution in [0.4, 0.5) is 0 Å². The van der Waals surface area contributed by atoms with E-state index in [4.69, 9.17) is 0 Å². The van der Waals surface area contributed by atoms with E-state index in [0.717, 1.165) is 25.8 Å². The molecular weight excluding hydrogens is 260 g/mol. The predicted molar refractivity (Wildman–Crippen MR) is 86.3 cm³/mol. The molecule has 1 fully saturated rings. The lowest BCUT2D eigenvalue weighted by molar-refractivity contribution is -0.125. The van der Waals surface area contributed by atoms with Crippen molar-refractivity contribution in [3.63, 3.8) is 0 Å². The molecule has 112 valence electrons. The first-order chi connectivity index (χ1) is 10.3. The second-order valence-corrected chi connectivity index (χ2v) is 6.15. The van der Waals surface area contributed by atoms with Crippen LogP contribution in [-0.4, -0.2) is 17.4 Å². The fourth-order valence-electron chi connectivity index (χ4n) is 3.48. The number of carbonyl (C=O) groups excluding carboxylic acids is 1. The number of carbonyl (C=O) groups is 1. The Balaban J connectivity index is 1.59. The molecule has 3 nitrogen and oxygen atoms in total. The number of hydrogen-bond donors (Lipinski definition) is 2. The Morgan fingerprint density at radius 2 is 2.00 bits per heavy atom. The van der Waals surface area contributed by atoms with Gasteiger partial charge in [0.05, 0.1) is 0 Å². The maximum absolute atomic E-state index is 12.2. The highest BCUT2D eigenvalue weighted by atomic mass is 16.1. The first-order valence-corrected chi connectivity index (χ1v) is 8.09. The summed E-state index contributed by atoms with van der Waals surface area (Å²) in [6.07, 6.45) is 6.74. The number of hydrogen-bond acceptors (Lipinski definition) is 1. The fraction of sp³-hybridized carbons (Fsp3) is 0.500. The maximum atomic E-state index is 12.2. The van der Waals surface area contributed by atoms with Gasteiger partial charge in [-0.1, -0.05) is 37.5 Å². The smallest absolute Gasteiger partial charge is 0.223 e. The zero-order chi connectivity index (χ0) is 14.7. The van der Waals surface area contributed by atoms with E-state index in [2.05, 4.69) is 35.4 Å². The Morgan fingerprint density at radius 1 is 1.24 bits per heavy atom. The van der Waals surface area contributed by atoms with Crippen LogP contribution in [0.1, 0.15) is 43.4 Å². The van der Waals surface area contributed by atoms with Gasteiger partial charge in [-0.3, -0.25) is 4.79 Å². The number of benzene rings is 1. The van der Waals surface area contributed by atoms with E-state index in [0.29, 0.717) is 0 Å². The molecule has 1 heterocycles. The molecule has 1 aromatic carbocycles. The van der Waals surface area contributed by atoms with Crippen LogP contribution in [-0.2, 0) is 11.2 Å². The molecule has 2 N–H and O–H groups in total. The molecular formula is C18H24N2O. The third-order valence-electron chi connectivity index (χ3n) is 4.68. The van der Waals surface area contributed by atoms with Gasteiger partial charge in [0.1, 0.15) is 0 Å². The number of aromatic amines is 1. The molecule has 1 aliphatic carbocycles. The highest BCUT2D eigenvalue weighted by Gasteiger charge is 2.20. The van der Waals surface area contributed by atoms with Gasteiger partial charge in [0.15, 0.2) is 0 Å². The van der Waals surface area contributed by atoms with Crippen molar-refractivity contribution in [1.82, 2.24) is 10.3 Å². The minimum atomic E-state index is 0.253. The SMILES string of the molecule is Cc1[nH]c2ccccc2c1CCNC(=O)C1CCCCC1. The molecule has 1 aromatic heterocycles. The zero-order valence-corrected chi connectivity index (χ0v) is 12.7. The largest absolute Gasteiger partial charge is 0.358 e. The van der Waals surface area contributed by atoms with Crippen LogP contribution in [0.3, 0.4) is 0 Å². The molecule has 21 heavy (non-hydrogen) atoms. The molecule has 0 atom stereocenters. The van der Waals surface area contributed by atoms with Crippen LogP contribution >= 0.6 is 0 Å². The van der Waals surface area contributed by atoms with Crippen molar-refractivity contribution in [3.05, 3.63) is 35.5 Å². The van der Waals surface area contributed by atoms with Crippen molar-refractivity contribution in [3.8, 4) is 0 Å².